The standard InChI is InChI=1S/C15H19BrN2O/c1-11-3-2-4-15(19,8-11)10-18-14-6-12(9-17)5-13(16)7-14/h5-7,11,18-19H,2-4,8,10H2,1H3. The molecule has 0 saturated heterocycles. The maximum absolute atomic E-state index is 10.6. The summed E-state index contributed by atoms with van der Waals surface area (Å²) in [5.41, 5.74) is 0.866. The van der Waals surface area contributed by atoms with E-state index in [-0.39, 0.29) is 0 Å². The Bertz CT molecular complexity index is 497. The van der Waals surface area contributed by atoms with E-state index in [2.05, 4.69) is 34.2 Å². The number of anilines is 1. The molecule has 0 bridgehead atoms. The van der Waals surface area contributed by atoms with Crippen molar-refractivity contribution in [3.8, 4) is 6.07 Å². The van der Waals surface area contributed by atoms with Gasteiger partial charge in [0, 0.05) is 16.7 Å². The van der Waals surface area contributed by atoms with E-state index in [9.17, 15) is 5.11 Å². The van der Waals surface area contributed by atoms with Crippen LogP contribution in [-0.4, -0.2) is 17.3 Å². The smallest absolute Gasteiger partial charge is 0.0992 e. The van der Waals surface area contributed by atoms with E-state index in [0.717, 1.165) is 29.4 Å². The van der Waals surface area contributed by atoms with Gasteiger partial charge in [-0.25, -0.2) is 0 Å². The Morgan fingerprint density at radius 3 is 3.00 bits per heavy atom. The van der Waals surface area contributed by atoms with Gasteiger partial charge in [-0.1, -0.05) is 35.7 Å². The Morgan fingerprint density at radius 1 is 1.53 bits per heavy atom. The molecular formula is C15H19BrN2O. The summed E-state index contributed by atoms with van der Waals surface area (Å²) < 4.78 is 0.873. The summed E-state index contributed by atoms with van der Waals surface area (Å²) in [4.78, 5) is 0. The van der Waals surface area contributed by atoms with Gasteiger partial charge in [0.15, 0.2) is 0 Å². The molecule has 1 aromatic rings. The van der Waals surface area contributed by atoms with Crippen LogP contribution in [0.1, 0.15) is 38.2 Å². The van der Waals surface area contributed by atoms with Crippen LogP contribution in [-0.2, 0) is 0 Å². The lowest BCUT2D eigenvalue weighted by Crippen LogP contribution is -2.41. The van der Waals surface area contributed by atoms with E-state index in [1.165, 1.54) is 6.42 Å². The quantitative estimate of drug-likeness (QED) is 0.892. The molecule has 0 aliphatic heterocycles. The second-order valence-corrected chi connectivity index (χ2v) is 6.54. The average Bonchev–Trinajstić information content (AvgIpc) is 2.35. The monoisotopic (exact) mass is 322 g/mol. The molecule has 0 heterocycles. The Kier molecular flexibility index (Phi) is 4.49. The van der Waals surface area contributed by atoms with Gasteiger partial charge in [0.2, 0.25) is 0 Å². The van der Waals surface area contributed by atoms with Crippen LogP contribution in [0.5, 0.6) is 0 Å². The fraction of sp³-hybridized carbons (Fsp3) is 0.533. The Hall–Kier alpha value is -1.05. The Morgan fingerprint density at radius 2 is 2.32 bits per heavy atom. The van der Waals surface area contributed by atoms with Crippen LogP contribution in [0.15, 0.2) is 22.7 Å². The zero-order valence-corrected chi connectivity index (χ0v) is 12.7. The normalized spacial score (nSPS) is 26.7. The van der Waals surface area contributed by atoms with E-state index < -0.39 is 5.60 Å². The predicted molar refractivity (Wildman–Crippen MR) is 79.9 cm³/mol. The molecule has 0 amide bonds. The molecule has 102 valence electrons. The molecular weight excluding hydrogens is 304 g/mol. The van der Waals surface area contributed by atoms with Crippen LogP contribution in [0.2, 0.25) is 0 Å². The number of aliphatic hydroxyl groups is 1. The van der Waals surface area contributed by atoms with E-state index in [1.54, 1.807) is 12.1 Å². The number of rotatable bonds is 3. The first-order valence-corrected chi connectivity index (χ1v) is 7.47. The van der Waals surface area contributed by atoms with Crippen LogP contribution in [0.25, 0.3) is 0 Å². The number of nitrogens with one attached hydrogen (secondary N) is 1. The molecule has 4 heteroatoms. The molecule has 1 fully saturated rings. The molecule has 1 saturated carbocycles. The van der Waals surface area contributed by atoms with Gasteiger partial charge in [-0.3, -0.25) is 0 Å². The third-order valence-corrected chi connectivity index (χ3v) is 4.17. The van der Waals surface area contributed by atoms with Crippen molar-refractivity contribution in [3.63, 3.8) is 0 Å². The highest BCUT2D eigenvalue weighted by atomic mass is 79.9. The SMILES string of the molecule is CC1CCCC(O)(CNc2cc(Br)cc(C#N)c2)C1. The summed E-state index contributed by atoms with van der Waals surface area (Å²) >= 11 is 3.39. The van der Waals surface area contributed by atoms with Gasteiger partial charge in [-0.05, 0) is 37.0 Å². The van der Waals surface area contributed by atoms with Crippen LogP contribution in [0.3, 0.4) is 0 Å². The number of nitriles is 1. The summed E-state index contributed by atoms with van der Waals surface area (Å²) in [6.07, 6.45) is 3.99. The number of halogens is 1. The molecule has 0 aromatic heterocycles. The lowest BCUT2D eigenvalue weighted by Gasteiger charge is -2.35. The third kappa shape index (κ3) is 3.95. The maximum atomic E-state index is 10.6. The topological polar surface area (TPSA) is 56.0 Å². The summed E-state index contributed by atoms with van der Waals surface area (Å²) in [6.45, 7) is 2.73. The lowest BCUT2D eigenvalue weighted by molar-refractivity contribution is -0.000762. The number of hydrogen-bond acceptors (Lipinski definition) is 3. The molecule has 0 radical (unpaired) electrons. The molecule has 2 N–H and O–H groups in total. The molecule has 0 spiro atoms. The fourth-order valence-electron chi connectivity index (χ4n) is 2.82. The molecule has 1 aliphatic rings. The average molecular weight is 323 g/mol. The Labute approximate surface area is 122 Å². The van der Waals surface area contributed by atoms with Crippen molar-refractivity contribution in [3.05, 3.63) is 28.2 Å². The van der Waals surface area contributed by atoms with Crippen LogP contribution in [0.4, 0.5) is 5.69 Å². The summed E-state index contributed by atoms with van der Waals surface area (Å²) in [5.74, 6) is 0.581. The third-order valence-electron chi connectivity index (χ3n) is 3.72. The molecule has 1 aromatic carbocycles. The molecule has 2 atom stereocenters. The van der Waals surface area contributed by atoms with Crippen molar-refractivity contribution >= 4 is 21.6 Å². The zero-order chi connectivity index (χ0) is 13.9. The summed E-state index contributed by atoms with van der Waals surface area (Å²) in [7, 11) is 0. The fourth-order valence-corrected chi connectivity index (χ4v) is 3.31. The first-order chi connectivity index (χ1) is 9.00. The van der Waals surface area contributed by atoms with Crippen molar-refractivity contribution in [1.82, 2.24) is 0 Å². The first-order valence-electron chi connectivity index (χ1n) is 6.68. The number of hydrogen-bond donors (Lipinski definition) is 2. The molecule has 3 nitrogen and oxygen atoms in total. The largest absolute Gasteiger partial charge is 0.388 e. The molecule has 2 rings (SSSR count). The predicted octanol–water partition coefficient (Wildman–Crippen LogP) is 3.67. The zero-order valence-electron chi connectivity index (χ0n) is 11.1. The molecule has 2 unspecified atom stereocenters. The van der Waals surface area contributed by atoms with Crippen molar-refractivity contribution < 1.29 is 5.11 Å². The van der Waals surface area contributed by atoms with Crippen molar-refractivity contribution in [1.29, 1.82) is 5.26 Å². The van der Waals surface area contributed by atoms with Crippen molar-refractivity contribution in [2.45, 2.75) is 38.2 Å². The highest BCUT2D eigenvalue weighted by molar-refractivity contribution is 9.10. The van der Waals surface area contributed by atoms with E-state index in [0.29, 0.717) is 18.0 Å². The minimum absolute atomic E-state index is 0.540. The molecule has 1 aliphatic carbocycles. The van der Waals surface area contributed by atoms with E-state index >= 15 is 0 Å². The van der Waals surface area contributed by atoms with Gasteiger partial charge in [0.25, 0.3) is 0 Å². The van der Waals surface area contributed by atoms with Crippen molar-refractivity contribution in [2.24, 2.45) is 5.92 Å². The van der Waals surface area contributed by atoms with Gasteiger partial charge >= 0.3 is 0 Å². The highest BCUT2D eigenvalue weighted by Crippen LogP contribution is 2.32. The second-order valence-electron chi connectivity index (χ2n) is 5.62. The van der Waals surface area contributed by atoms with Crippen LogP contribution >= 0.6 is 15.9 Å². The first kappa shape index (κ1) is 14.4. The Balaban J connectivity index is 2.02. The van der Waals surface area contributed by atoms with Crippen molar-refractivity contribution in [2.75, 3.05) is 11.9 Å². The number of benzene rings is 1. The summed E-state index contributed by atoms with van der Waals surface area (Å²) in [5, 5.41) is 22.8. The van der Waals surface area contributed by atoms with Gasteiger partial charge < -0.3 is 10.4 Å². The summed E-state index contributed by atoms with van der Waals surface area (Å²) in [6, 6.07) is 7.64. The van der Waals surface area contributed by atoms with E-state index in [1.807, 2.05) is 6.07 Å². The van der Waals surface area contributed by atoms with Gasteiger partial charge in [0.05, 0.1) is 17.2 Å². The minimum atomic E-state index is -0.618. The minimum Gasteiger partial charge on any atom is -0.388 e. The maximum Gasteiger partial charge on any atom is 0.0992 e. The molecule has 19 heavy (non-hydrogen) atoms. The second kappa shape index (κ2) is 5.94. The van der Waals surface area contributed by atoms with Gasteiger partial charge in [-0.15, -0.1) is 0 Å². The van der Waals surface area contributed by atoms with Crippen LogP contribution in [0, 0.1) is 17.2 Å². The highest BCUT2D eigenvalue weighted by Gasteiger charge is 2.32. The lowest BCUT2D eigenvalue weighted by atomic mass is 9.79. The number of nitrogens with zero attached hydrogens (tertiary/aromatic N) is 1. The van der Waals surface area contributed by atoms with Gasteiger partial charge in [0.1, 0.15) is 0 Å². The van der Waals surface area contributed by atoms with Gasteiger partial charge in [-0.2, -0.15) is 5.26 Å². The van der Waals surface area contributed by atoms with E-state index in [4.69, 9.17) is 5.26 Å². The van der Waals surface area contributed by atoms with Crippen LogP contribution < -0.4 is 5.32 Å².